The molecule has 3 saturated heterocycles. The zero-order chi connectivity index (χ0) is 29.7. The number of benzene rings is 1. The van der Waals surface area contributed by atoms with Crippen LogP contribution in [0.25, 0.3) is 0 Å². The normalized spacial score (nSPS) is 35.5. The molecule has 1 aromatic carbocycles. The van der Waals surface area contributed by atoms with Gasteiger partial charge in [-0.3, -0.25) is 0 Å². The third-order valence-corrected chi connectivity index (χ3v) is 13.2. The topological polar surface area (TPSA) is 79.4 Å². The van der Waals surface area contributed by atoms with Crippen LogP contribution in [0, 0.1) is 5.41 Å². The number of ether oxygens (including phenoxy) is 2. The molecule has 3 saturated carbocycles. The predicted molar refractivity (Wildman–Crippen MR) is 163 cm³/mol. The number of amides is 1. The Morgan fingerprint density at radius 1 is 1.02 bits per heavy atom. The quantitative estimate of drug-likeness (QED) is 0.367. The van der Waals surface area contributed by atoms with Gasteiger partial charge in [-0.15, -0.1) is 0 Å². The number of rotatable bonds is 7. The maximum Gasteiger partial charge on any atom is 0.410 e. The first-order valence-electron chi connectivity index (χ1n) is 16.4. The largest absolute Gasteiger partial charge is 0.441 e. The molecule has 0 radical (unpaired) electrons. The monoisotopic (exact) mass is 621 g/mol. The molecule has 3 heterocycles. The number of carbonyl (C=O) groups is 1. The molecule has 3 aliphatic carbocycles. The van der Waals surface area contributed by atoms with Gasteiger partial charge in [-0.2, -0.15) is 4.31 Å². The smallest absolute Gasteiger partial charge is 0.410 e. The third-order valence-electron chi connectivity index (χ3n) is 11.0. The van der Waals surface area contributed by atoms with Gasteiger partial charge in [-0.25, -0.2) is 13.2 Å². The molecule has 0 bridgehead atoms. The fourth-order valence-electron chi connectivity index (χ4n) is 8.77. The Bertz CT molecular complexity index is 1230. The summed E-state index contributed by atoms with van der Waals surface area (Å²) in [6.45, 7) is 9.00. The van der Waals surface area contributed by atoms with E-state index in [0.717, 1.165) is 19.3 Å². The van der Waals surface area contributed by atoms with Gasteiger partial charge in [0.1, 0.15) is 5.60 Å². The Hall–Kier alpha value is -1.39. The van der Waals surface area contributed by atoms with Crippen molar-refractivity contribution in [1.82, 2.24) is 14.1 Å². The number of hydrogen-bond acceptors (Lipinski definition) is 6. The van der Waals surface area contributed by atoms with E-state index in [4.69, 9.17) is 21.1 Å². The van der Waals surface area contributed by atoms with Gasteiger partial charge in [0, 0.05) is 34.6 Å². The van der Waals surface area contributed by atoms with Crippen LogP contribution in [0.4, 0.5) is 4.79 Å². The maximum atomic E-state index is 14.1. The number of morpholine rings is 1. The second kappa shape index (κ2) is 11.8. The molecule has 0 N–H and O–H groups in total. The fourth-order valence-corrected chi connectivity index (χ4v) is 10.8. The van der Waals surface area contributed by atoms with Gasteiger partial charge < -0.3 is 19.3 Å². The molecule has 1 aromatic rings. The first kappa shape index (κ1) is 30.6. The number of sulfonamides is 1. The van der Waals surface area contributed by atoms with Crippen molar-refractivity contribution in [3.63, 3.8) is 0 Å². The lowest BCUT2D eigenvalue weighted by Gasteiger charge is -2.67. The van der Waals surface area contributed by atoms with Crippen LogP contribution in [0.15, 0.2) is 29.2 Å². The Kier molecular flexibility index (Phi) is 8.64. The van der Waals surface area contributed by atoms with Crippen LogP contribution in [0.5, 0.6) is 0 Å². The van der Waals surface area contributed by atoms with E-state index in [0.29, 0.717) is 36.9 Å². The summed E-state index contributed by atoms with van der Waals surface area (Å²) in [5.41, 5.74) is -0.558. The molecule has 234 valence electrons. The number of piperidine rings is 2. The second-order valence-corrected chi connectivity index (χ2v) is 15.4. The molecule has 10 heteroatoms. The summed E-state index contributed by atoms with van der Waals surface area (Å²) >= 11 is 6.07. The van der Waals surface area contributed by atoms with Gasteiger partial charge in [-0.1, -0.05) is 45.2 Å². The fraction of sp³-hybridized carbons (Fsp3) is 0.781. The molecule has 7 rings (SSSR count). The second-order valence-electron chi connectivity index (χ2n) is 13.1. The summed E-state index contributed by atoms with van der Waals surface area (Å²) in [7, 11) is -3.85. The molecule has 8 nitrogen and oxygen atoms in total. The zero-order valence-electron chi connectivity index (χ0n) is 25.5. The van der Waals surface area contributed by atoms with Crippen molar-refractivity contribution in [2.75, 3.05) is 26.3 Å². The van der Waals surface area contributed by atoms with Crippen molar-refractivity contribution in [3.8, 4) is 0 Å². The van der Waals surface area contributed by atoms with Gasteiger partial charge in [0.15, 0.2) is 0 Å². The van der Waals surface area contributed by atoms with Gasteiger partial charge >= 0.3 is 6.09 Å². The van der Waals surface area contributed by atoms with Crippen molar-refractivity contribution < 1.29 is 22.7 Å². The predicted octanol–water partition coefficient (Wildman–Crippen LogP) is 6.07. The Morgan fingerprint density at radius 3 is 2.36 bits per heavy atom. The molecule has 6 aliphatic rings. The first-order valence-corrected chi connectivity index (χ1v) is 18.2. The van der Waals surface area contributed by atoms with E-state index < -0.39 is 21.7 Å². The SMILES string of the molecule is CC.CCC[C@@H]1COC[C@H](C2(OC(=O)N3C4CCC45CC(N4CCCCC4)CC35)CC2)N1S(=O)(=O)c1ccc(Cl)cc1. The van der Waals surface area contributed by atoms with Gasteiger partial charge in [-0.05, 0) is 95.1 Å². The van der Waals surface area contributed by atoms with E-state index in [1.807, 2.05) is 18.7 Å². The molecule has 42 heavy (non-hydrogen) atoms. The van der Waals surface area contributed by atoms with E-state index in [-0.39, 0.29) is 41.1 Å². The first-order chi connectivity index (χ1) is 20.3. The van der Waals surface area contributed by atoms with Crippen molar-refractivity contribution in [3.05, 3.63) is 29.3 Å². The molecular weight excluding hydrogens is 574 g/mol. The lowest BCUT2D eigenvalue weighted by molar-refractivity contribution is -0.177. The molecular formula is C32H48ClN3O5S. The van der Waals surface area contributed by atoms with Crippen molar-refractivity contribution in [2.45, 2.75) is 132 Å². The summed E-state index contributed by atoms with van der Waals surface area (Å²) < 4.78 is 42.2. The number of carbonyl (C=O) groups excluding carboxylic acids is 1. The highest BCUT2D eigenvalue weighted by atomic mass is 35.5. The number of nitrogens with zero attached hydrogens (tertiary/aromatic N) is 3. The van der Waals surface area contributed by atoms with E-state index in [1.165, 1.54) is 45.2 Å². The molecule has 0 aromatic heterocycles. The highest BCUT2D eigenvalue weighted by Crippen LogP contribution is 2.66. The van der Waals surface area contributed by atoms with E-state index >= 15 is 0 Å². The average molecular weight is 622 g/mol. The van der Waals surface area contributed by atoms with Crippen LogP contribution in [-0.4, -0.2) is 90.7 Å². The van der Waals surface area contributed by atoms with Crippen molar-refractivity contribution in [2.24, 2.45) is 5.41 Å². The molecule has 3 aliphatic heterocycles. The average Bonchev–Trinajstić information content (AvgIpc) is 3.67. The van der Waals surface area contributed by atoms with Crippen LogP contribution in [0.1, 0.15) is 91.4 Å². The Balaban J connectivity index is 0.00000155. The van der Waals surface area contributed by atoms with E-state index in [9.17, 15) is 13.2 Å². The highest BCUT2D eigenvalue weighted by Gasteiger charge is 2.72. The summed E-state index contributed by atoms with van der Waals surface area (Å²) in [5.74, 6) is 0. The minimum atomic E-state index is -3.85. The lowest BCUT2D eigenvalue weighted by atomic mass is 9.53. The number of hydrogen-bond donors (Lipinski definition) is 0. The van der Waals surface area contributed by atoms with E-state index in [1.54, 1.807) is 28.6 Å². The third kappa shape index (κ3) is 4.99. The number of halogens is 1. The van der Waals surface area contributed by atoms with Crippen LogP contribution < -0.4 is 0 Å². The summed E-state index contributed by atoms with van der Waals surface area (Å²) in [5, 5.41) is 0.492. The molecule has 1 amide bonds. The van der Waals surface area contributed by atoms with Crippen LogP contribution >= 0.6 is 11.6 Å². The summed E-state index contributed by atoms with van der Waals surface area (Å²) in [6.07, 6.45) is 11.0. The Labute approximate surface area is 257 Å². The minimum Gasteiger partial charge on any atom is -0.441 e. The van der Waals surface area contributed by atoms with Crippen LogP contribution in [0.3, 0.4) is 0 Å². The standard InChI is InChI=1S/C30H42ClN3O5S.C2H6/c1-2-6-22-19-38-20-27(34(22)40(36,37)24-9-7-21(31)8-10-24)30(13-14-30)39-28(35)33-25-11-12-29(25)18-23(17-26(29)33)32-15-4-3-5-16-32;1-2/h7-10,22-23,25-27H,2-6,11-20H2,1H3;1-2H3/t22-,23?,25?,26?,27-,29?;/m1./s1. The zero-order valence-corrected chi connectivity index (χ0v) is 27.0. The molecule has 6 fully saturated rings. The van der Waals surface area contributed by atoms with Crippen molar-refractivity contribution >= 4 is 27.7 Å². The highest BCUT2D eigenvalue weighted by molar-refractivity contribution is 7.89. The lowest BCUT2D eigenvalue weighted by Crippen LogP contribution is -2.76. The van der Waals surface area contributed by atoms with Gasteiger partial charge in [0.05, 0.1) is 24.2 Å². The molecule has 4 unspecified atom stereocenters. The summed E-state index contributed by atoms with van der Waals surface area (Å²) in [4.78, 5) is 18.8. The summed E-state index contributed by atoms with van der Waals surface area (Å²) in [6, 6.07) is 6.61. The van der Waals surface area contributed by atoms with Crippen molar-refractivity contribution in [1.29, 1.82) is 0 Å². The van der Waals surface area contributed by atoms with Gasteiger partial charge in [0.2, 0.25) is 10.0 Å². The molecule has 6 atom stereocenters. The van der Waals surface area contributed by atoms with Crippen LogP contribution in [0.2, 0.25) is 5.02 Å². The number of likely N-dealkylation sites (tertiary alicyclic amines) is 2. The minimum absolute atomic E-state index is 0.212. The maximum absolute atomic E-state index is 14.1. The van der Waals surface area contributed by atoms with E-state index in [2.05, 4.69) is 11.8 Å². The molecule has 1 spiro atoms. The Morgan fingerprint density at radius 2 is 1.74 bits per heavy atom. The van der Waals surface area contributed by atoms with Crippen LogP contribution in [-0.2, 0) is 19.5 Å². The van der Waals surface area contributed by atoms with Gasteiger partial charge in [0.25, 0.3) is 0 Å².